The van der Waals surface area contributed by atoms with Crippen molar-refractivity contribution >= 4 is 5.96 Å². The van der Waals surface area contributed by atoms with E-state index in [-0.39, 0.29) is 0 Å². The predicted octanol–water partition coefficient (Wildman–Crippen LogP) is 0.946. The van der Waals surface area contributed by atoms with E-state index in [9.17, 15) is 0 Å². The highest BCUT2D eigenvalue weighted by atomic mass is 15.4. The molecule has 0 spiro atoms. The number of nitrogens with zero attached hydrogens (tertiary/aromatic N) is 2. The van der Waals surface area contributed by atoms with Gasteiger partial charge in [0.15, 0.2) is 0 Å². The van der Waals surface area contributed by atoms with Gasteiger partial charge >= 0.3 is 0 Å². The van der Waals surface area contributed by atoms with Crippen LogP contribution in [0.3, 0.4) is 0 Å². The minimum Gasteiger partial charge on any atom is -0.342 e. The Morgan fingerprint density at radius 3 is 2.71 bits per heavy atom. The second-order valence-corrected chi connectivity index (χ2v) is 4.04. The number of rotatable bonds is 4. The van der Waals surface area contributed by atoms with Crippen molar-refractivity contribution in [1.29, 1.82) is 0 Å². The third-order valence-corrected chi connectivity index (χ3v) is 2.86. The van der Waals surface area contributed by atoms with Crippen LogP contribution in [0.25, 0.3) is 0 Å². The van der Waals surface area contributed by atoms with Crippen molar-refractivity contribution < 1.29 is 0 Å². The molecule has 1 unspecified atom stereocenters. The van der Waals surface area contributed by atoms with Gasteiger partial charge in [0.2, 0.25) is 5.96 Å². The fourth-order valence-corrected chi connectivity index (χ4v) is 1.56. The maximum atomic E-state index is 5.45. The fraction of sp³-hybridized carbons (Fsp3) is 0.900. The van der Waals surface area contributed by atoms with Crippen LogP contribution < -0.4 is 11.3 Å². The molecule has 1 atom stereocenters. The highest BCUT2D eigenvalue weighted by Gasteiger charge is 2.31. The summed E-state index contributed by atoms with van der Waals surface area (Å²) >= 11 is 0. The molecule has 0 aromatic heterocycles. The van der Waals surface area contributed by atoms with Crippen molar-refractivity contribution in [2.75, 3.05) is 13.6 Å². The molecule has 0 bridgehead atoms. The molecule has 0 aliphatic heterocycles. The summed E-state index contributed by atoms with van der Waals surface area (Å²) in [5.74, 6) is 7.10. The van der Waals surface area contributed by atoms with Gasteiger partial charge in [0.05, 0.1) is 0 Å². The topological polar surface area (TPSA) is 53.6 Å². The first-order valence-electron chi connectivity index (χ1n) is 5.44. The molecule has 0 amide bonds. The maximum Gasteiger partial charge on any atom is 0.208 e. The summed E-state index contributed by atoms with van der Waals surface area (Å²) in [4.78, 5) is 6.54. The normalized spacial score (nSPS) is 19.3. The van der Waals surface area contributed by atoms with E-state index in [0.717, 1.165) is 24.8 Å². The van der Waals surface area contributed by atoms with Gasteiger partial charge in [-0.15, -0.1) is 0 Å². The van der Waals surface area contributed by atoms with E-state index in [1.807, 2.05) is 0 Å². The Balaban J connectivity index is 2.49. The van der Waals surface area contributed by atoms with Gasteiger partial charge in [-0.3, -0.25) is 10.4 Å². The van der Waals surface area contributed by atoms with E-state index in [1.54, 1.807) is 0 Å². The number of nitrogens with two attached hydrogens (primary N) is 1. The van der Waals surface area contributed by atoms with Crippen molar-refractivity contribution in [3.8, 4) is 0 Å². The second kappa shape index (κ2) is 5.20. The zero-order chi connectivity index (χ0) is 10.6. The van der Waals surface area contributed by atoms with Crippen LogP contribution in [0.2, 0.25) is 0 Å². The molecular formula is C10H22N4. The smallest absolute Gasteiger partial charge is 0.208 e. The molecule has 0 saturated heterocycles. The van der Waals surface area contributed by atoms with Crippen molar-refractivity contribution in [2.45, 2.75) is 39.2 Å². The Labute approximate surface area is 86.5 Å². The average Bonchev–Trinajstić information content (AvgIpc) is 3.01. The molecule has 0 aromatic carbocycles. The number of guanidine groups is 1. The molecule has 3 N–H and O–H groups in total. The van der Waals surface area contributed by atoms with Crippen molar-refractivity contribution in [2.24, 2.45) is 16.8 Å². The molecule has 0 aromatic rings. The first-order chi connectivity index (χ1) is 6.70. The standard InChI is InChI=1S/C10H22N4/c1-4-7-12-10(13-11)14(3)8(2)9-5-6-9/h8-9H,4-7,11H2,1-3H3,(H,12,13). The molecule has 0 radical (unpaired) electrons. The maximum absolute atomic E-state index is 5.45. The van der Waals surface area contributed by atoms with E-state index in [0.29, 0.717) is 6.04 Å². The van der Waals surface area contributed by atoms with Crippen molar-refractivity contribution in [3.05, 3.63) is 0 Å². The molecule has 0 heterocycles. The van der Waals surface area contributed by atoms with Crippen LogP contribution in [0.4, 0.5) is 0 Å². The lowest BCUT2D eigenvalue weighted by Gasteiger charge is -2.27. The lowest BCUT2D eigenvalue weighted by molar-refractivity contribution is 0.342. The minimum atomic E-state index is 0.543. The Morgan fingerprint density at radius 1 is 1.64 bits per heavy atom. The summed E-state index contributed by atoms with van der Waals surface area (Å²) in [7, 11) is 2.05. The predicted molar refractivity (Wildman–Crippen MR) is 59.9 cm³/mol. The Kier molecular flexibility index (Phi) is 4.20. The summed E-state index contributed by atoms with van der Waals surface area (Å²) in [5, 5.41) is 0. The molecular weight excluding hydrogens is 176 g/mol. The van der Waals surface area contributed by atoms with Gasteiger partial charge in [0.25, 0.3) is 0 Å². The molecule has 1 saturated carbocycles. The van der Waals surface area contributed by atoms with Gasteiger partial charge in [-0.2, -0.15) is 0 Å². The van der Waals surface area contributed by atoms with Crippen molar-refractivity contribution in [3.63, 3.8) is 0 Å². The quantitative estimate of drug-likeness (QED) is 0.306. The lowest BCUT2D eigenvalue weighted by Crippen LogP contribution is -2.47. The summed E-state index contributed by atoms with van der Waals surface area (Å²) < 4.78 is 0. The van der Waals surface area contributed by atoms with Crippen LogP contribution in [0, 0.1) is 5.92 Å². The van der Waals surface area contributed by atoms with Gasteiger partial charge in [0, 0.05) is 19.6 Å². The molecule has 1 aliphatic rings. The zero-order valence-corrected chi connectivity index (χ0v) is 9.45. The van der Waals surface area contributed by atoms with Crippen LogP contribution in [0.1, 0.15) is 33.1 Å². The Bertz CT molecular complexity index is 198. The van der Waals surface area contributed by atoms with Gasteiger partial charge in [-0.05, 0) is 32.1 Å². The fourth-order valence-electron chi connectivity index (χ4n) is 1.56. The zero-order valence-electron chi connectivity index (χ0n) is 9.45. The number of hydrazine groups is 1. The molecule has 1 aliphatic carbocycles. The number of nitrogens with one attached hydrogen (secondary N) is 1. The van der Waals surface area contributed by atoms with Crippen LogP contribution in [0.5, 0.6) is 0 Å². The van der Waals surface area contributed by atoms with E-state index in [4.69, 9.17) is 5.84 Å². The SMILES string of the molecule is CCCN=C(NN)N(C)C(C)C1CC1. The third kappa shape index (κ3) is 2.87. The molecule has 4 heteroatoms. The third-order valence-electron chi connectivity index (χ3n) is 2.86. The van der Waals surface area contributed by atoms with Crippen LogP contribution in [-0.4, -0.2) is 30.5 Å². The largest absolute Gasteiger partial charge is 0.342 e. The van der Waals surface area contributed by atoms with E-state index >= 15 is 0 Å². The first kappa shape index (κ1) is 11.3. The van der Waals surface area contributed by atoms with Gasteiger partial charge in [0.1, 0.15) is 0 Å². The highest BCUT2D eigenvalue weighted by Crippen LogP contribution is 2.34. The van der Waals surface area contributed by atoms with Crippen molar-refractivity contribution in [1.82, 2.24) is 10.3 Å². The number of aliphatic imine (C=N–C) groups is 1. The summed E-state index contributed by atoms with van der Waals surface area (Å²) in [6.45, 7) is 5.18. The lowest BCUT2D eigenvalue weighted by atomic mass is 10.2. The molecule has 1 rings (SSSR count). The summed E-state index contributed by atoms with van der Waals surface area (Å²) in [6.07, 6.45) is 3.74. The number of hydrogen-bond acceptors (Lipinski definition) is 2. The molecule has 82 valence electrons. The average molecular weight is 198 g/mol. The monoisotopic (exact) mass is 198 g/mol. The Morgan fingerprint density at radius 2 is 2.29 bits per heavy atom. The van der Waals surface area contributed by atoms with E-state index in [2.05, 4.69) is 36.2 Å². The van der Waals surface area contributed by atoms with Crippen LogP contribution >= 0.6 is 0 Å². The van der Waals surface area contributed by atoms with E-state index in [1.165, 1.54) is 12.8 Å². The summed E-state index contributed by atoms with van der Waals surface area (Å²) in [6, 6.07) is 0.543. The highest BCUT2D eigenvalue weighted by molar-refractivity contribution is 5.79. The molecule has 1 fully saturated rings. The van der Waals surface area contributed by atoms with Gasteiger partial charge in [-0.25, -0.2) is 5.84 Å². The van der Waals surface area contributed by atoms with Gasteiger partial charge < -0.3 is 4.90 Å². The van der Waals surface area contributed by atoms with Gasteiger partial charge in [-0.1, -0.05) is 6.92 Å². The first-order valence-corrected chi connectivity index (χ1v) is 5.44. The summed E-state index contributed by atoms with van der Waals surface area (Å²) in [5.41, 5.74) is 2.68. The second-order valence-electron chi connectivity index (χ2n) is 4.04. The van der Waals surface area contributed by atoms with E-state index < -0.39 is 0 Å². The minimum absolute atomic E-state index is 0.543. The van der Waals surface area contributed by atoms with Crippen LogP contribution in [-0.2, 0) is 0 Å². The Hall–Kier alpha value is -0.770. The number of hydrogen-bond donors (Lipinski definition) is 2. The van der Waals surface area contributed by atoms with Crippen LogP contribution in [0.15, 0.2) is 4.99 Å². The molecule has 14 heavy (non-hydrogen) atoms. The molecule has 4 nitrogen and oxygen atoms in total.